The Bertz CT molecular complexity index is 895. The predicted molar refractivity (Wildman–Crippen MR) is 106 cm³/mol. The van der Waals surface area contributed by atoms with Crippen molar-refractivity contribution in [2.75, 3.05) is 30.9 Å². The highest BCUT2D eigenvalue weighted by atomic mass is 35.5. The molecule has 1 heterocycles. The Kier molecular flexibility index (Phi) is 5.93. The smallest absolute Gasteiger partial charge is 0.257 e. The van der Waals surface area contributed by atoms with E-state index in [1.165, 1.54) is 6.33 Å². The fourth-order valence-corrected chi connectivity index (χ4v) is 2.67. The third kappa shape index (κ3) is 4.98. The maximum absolute atomic E-state index is 12.6. The SMILES string of the molecule is CN(C)c1cc(Cl)ccc1C(=O)Nc1ccc(OCCn2cncn2)cc1. The van der Waals surface area contributed by atoms with Crippen LogP contribution in [0.3, 0.4) is 0 Å². The van der Waals surface area contributed by atoms with Gasteiger partial charge in [0.25, 0.3) is 5.91 Å². The minimum atomic E-state index is -0.199. The van der Waals surface area contributed by atoms with Crippen LogP contribution in [0.5, 0.6) is 5.75 Å². The standard InChI is InChI=1S/C19H20ClN5O2/c1-24(2)18-11-14(20)3-8-17(18)19(26)23-15-4-6-16(7-5-15)27-10-9-25-13-21-12-22-25/h3-8,11-13H,9-10H2,1-2H3,(H,23,26). The van der Waals surface area contributed by atoms with Gasteiger partial charge in [0.05, 0.1) is 17.8 Å². The Morgan fingerprint density at radius 3 is 2.67 bits per heavy atom. The summed E-state index contributed by atoms with van der Waals surface area (Å²) in [5.41, 5.74) is 1.99. The van der Waals surface area contributed by atoms with Gasteiger partial charge >= 0.3 is 0 Å². The van der Waals surface area contributed by atoms with Gasteiger partial charge in [0.1, 0.15) is 25.0 Å². The molecule has 0 aliphatic carbocycles. The predicted octanol–water partition coefficient (Wildman–Crippen LogP) is 3.33. The molecular weight excluding hydrogens is 366 g/mol. The van der Waals surface area contributed by atoms with Crippen LogP contribution in [0.2, 0.25) is 5.02 Å². The van der Waals surface area contributed by atoms with Gasteiger partial charge in [-0.25, -0.2) is 9.67 Å². The molecule has 0 saturated heterocycles. The maximum atomic E-state index is 12.6. The van der Waals surface area contributed by atoms with E-state index in [-0.39, 0.29) is 5.91 Å². The van der Waals surface area contributed by atoms with Crippen LogP contribution >= 0.6 is 11.6 Å². The lowest BCUT2D eigenvalue weighted by molar-refractivity contribution is 0.102. The van der Waals surface area contributed by atoms with Gasteiger partial charge in [0, 0.05) is 24.8 Å². The van der Waals surface area contributed by atoms with Gasteiger partial charge in [0.2, 0.25) is 0 Å². The molecule has 3 aromatic rings. The van der Waals surface area contributed by atoms with Crippen LogP contribution in [-0.2, 0) is 6.54 Å². The molecule has 1 N–H and O–H groups in total. The lowest BCUT2D eigenvalue weighted by Crippen LogP contribution is -2.18. The molecule has 140 valence electrons. The molecule has 7 nitrogen and oxygen atoms in total. The highest BCUT2D eigenvalue weighted by molar-refractivity contribution is 6.31. The van der Waals surface area contributed by atoms with Crippen molar-refractivity contribution in [1.82, 2.24) is 14.8 Å². The fourth-order valence-electron chi connectivity index (χ4n) is 2.50. The summed E-state index contributed by atoms with van der Waals surface area (Å²) in [6.07, 6.45) is 3.13. The number of rotatable bonds is 7. The molecule has 0 radical (unpaired) electrons. The van der Waals surface area contributed by atoms with Gasteiger partial charge in [-0.15, -0.1) is 0 Å². The quantitative estimate of drug-likeness (QED) is 0.675. The Morgan fingerprint density at radius 2 is 2.00 bits per heavy atom. The number of hydrogen-bond donors (Lipinski definition) is 1. The van der Waals surface area contributed by atoms with E-state index in [9.17, 15) is 4.79 Å². The average molecular weight is 386 g/mol. The molecule has 0 unspecified atom stereocenters. The van der Waals surface area contributed by atoms with E-state index in [2.05, 4.69) is 15.4 Å². The maximum Gasteiger partial charge on any atom is 0.257 e. The lowest BCUT2D eigenvalue weighted by Gasteiger charge is -2.17. The number of anilines is 2. The van der Waals surface area contributed by atoms with E-state index in [4.69, 9.17) is 16.3 Å². The van der Waals surface area contributed by atoms with E-state index < -0.39 is 0 Å². The van der Waals surface area contributed by atoms with E-state index in [1.807, 2.05) is 31.1 Å². The topological polar surface area (TPSA) is 72.3 Å². The van der Waals surface area contributed by atoms with E-state index in [0.29, 0.717) is 35.2 Å². The summed E-state index contributed by atoms with van der Waals surface area (Å²) in [7, 11) is 3.74. The van der Waals surface area contributed by atoms with E-state index in [1.54, 1.807) is 41.3 Å². The molecule has 0 aliphatic rings. The van der Waals surface area contributed by atoms with Crippen LogP contribution in [0.4, 0.5) is 11.4 Å². The zero-order valence-electron chi connectivity index (χ0n) is 15.1. The molecule has 0 aliphatic heterocycles. The van der Waals surface area contributed by atoms with Gasteiger partial charge in [-0.3, -0.25) is 4.79 Å². The number of nitrogens with zero attached hydrogens (tertiary/aromatic N) is 4. The van der Waals surface area contributed by atoms with Crippen molar-refractivity contribution < 1.29 is 9.53 Å². The van der Waals surface area contributed by atoms with Gasteiger partial charge in [-0.1, -0.05) is 11.6 Å². The number of carbonyl (C=O) groups is 1. The van der Waals surface area contributed by atoms with Crippen molar-refractivity contribution in [3.05, 3.63) is 65.7 Å². The molecule has 1 aromatic heterocycles. The van der Waals surface area contributed by atoms with Crippen molar-refractivity contribution in [3.63, 3.8) is 0 Å². The Balaban J connectivity index is 1.60. The first-order chi connectivity index (χ1) is 13.0. The highest BCUT2D eigenvalue weighted by Gasteiger charge is 2.13. The van der Waals surface area contributed by atoms with E-state index >= 15 is 0 Å². The monoisotopic (exact) mass is 385 g/mol. The lowest BCUT2D eigenvalue weighted by atomic mass is 10.1. The van der Waals surface area contributed by atoms with Crippen molar-refractivity contribution in [1.29, 1.82) is 0 Å². The second kappa shape index (κ2) is 8.55. The van der Waals surface area contributed by atoms with Crippen LogP contribution in [0.15, 0.2) is 55.1 Å². The third-order valence-corrected chi connectivity index (χ3v) is 4.09. The van der Waals surface area contributed by atoms with Crippen LogP contribution in [-0.4, -0.2) is 41.4 Å². The van der Waals surface area contributed by atoms with Gasteiger partial charge < -0.3 is 15.0 Å². The molecule has 0 fully saturated rings. The second-order valence-electron chi connectivity index (χ2n) is 6.04. The largest absolute Gasteiger partial charge is 0.492 e. The fraction of sp³-hybridized carbons (Fsp3) is 0.211. The Hall–Kier alpha value is -3.06. The number of nitrogens with one attached hydrogen (secondary N) is 1. The summed E-state index contributed by atoms with van der Waals surface area (Å²) in [4.78, 5) is 18.3. The van der Waals surface area contributed by atoms with Crippen molar-refractivity contribution in [3.8, 4) is 5.75 Å². The number of ether oxygens (including phenoxy) is 1. The first kappa shape index (κ1) is 18.7. The third-order valence-electron chi connectivity index (χ3n) is 3.85. The summed E-state index contributed by atoms with van der Waals surface area (Å²) in [5, 5.41) is 7.49. The summed E-state index contributed by atoms with van der Waals surface area (Å²) in [5.74, 6) is 0.517. The first-order valence-corrected chi connectivity index (χ1v) is 8.74. The molecule has 0 saturated carbocycles. The Labute approximate surface area is 162 Å². The number of halogens is 1. The number of aromatic nitrogens is 3. The van der Waals surface area contributed by atoms with Gasteiger partial charge in [-0.05, 0) is 42.5 Å². The summed E-state index contributed by atoms with van der Waals surface area (Å²) < 4.78 is 7.36. The average Bonchev–Trinajstić information content (AvgIpc) is 3.16. The van der Waals surface area contributed by atoms with Crippen LogP contribution in [0, 0.1) is 0 Å². The minimum Gasteiger partial charge on any atom is -0.492 e. The first-order valence-electron chi connectivity index (χ1n) is 8.36. The molecule has 0 atom stereocenters. The van der Waals surface area contributed by atoms with Crippen molar-refractivity contribution in [2.45, 2.75) is 6.54 Å². The van der Waals surface area contributed by atoms with Crippen molar-refractivity contribution in [2.24, 2.45) is 0 Å². The highest BCUT2D eigenvalue weighted by Crippen LogP contribution is 2.25. The van der Waals surface area contributed by atoms with Crippen LogP contribution in [0.25, 0.3) is 0 Å². The summed E-state index contributed by atoms with van der Waals surface area (Å²) >= 11 is 6.04. The molecule has 0 spiro atoms. The molecule has 27 heavy (non-hydrogen) atoms. The van der Waals surface area contributed by atoms with E-state index in [0.717, 1.165) is 5.69 Å². The zero-order chi connectivity index (χ0) is 19.2. The summed E-state index contributed by atoms with van der Waals surface area (Å²) in [6.45, 7) is 1.09. The molecule has 0 bridgehead atoms. The molecule has 8 heteroatoms. The van der Waals surface area contributed by atoms with Crippen LogP contribution in [0.1, 0.15) is 10.4 Å². The number of amides is 1. The van der Waals surface area contributed by atoms with Crippen LogP contribution < -0.4 is 15.0 Å². The van der Waals surface area contributed by atoms with Gasteiger partial charge in [0.15, 0.2) is 0 Å². The summed E-state index contributed by atoms with van der Waals surface area (Å²) in [6, 6.07) is 12.4. The number of benzene rings is 2. The second-order valence-corrected chi connectivity index (χ2v) is 6.48. The molecule has 1 amide bonds. The van der Waals surface area contributed by atoms with Gasteiger partial charge in [-0.2, -0.15) is 5.10 Å². The normalized spacial score (nSPS) is 10.5. The molecular formula is C19H20ClN5O2. The minimum absolute atomic E-state index is 0.199. The number of hydrogen-bond acceptors (Lipinski definition) is 5. The molecule has 2 aromatic carbocycles. The molecule has 3 rings (SSSR count). The zero-order valence-corrected chi connectivity index (χ0v) is 15.8. The number of carbonyl (C=O) groups excluding carboxylic acids is 1. The Morgan fingerprint density at radius 1 is 1.22 bits per heavy atom. The van der Waals surface area contributed by atoms with Crippen molar-refractivity contribution >= 4 is 28.9 Å².